The highest BCUT2D eigenvalue weighted by atomic mass is 35.5. The van der Waals surface area contributed by atoms with E-state index in [2.05, 4.69) is 16.6 Å². The van der Waals surface area contributed by atoms with Crippen LogP contribution in [0.2, 0.25) is 5.15 Å². The Labute approximate surface area is 129 Å². The summed E-state index contributed by atoms with van der Waals surface area (Å²) >= 11 is 6.28. The molecule has 1 aromatic carbocycles. The van der Waals surface area contributed by atoms with Gasteiger partial charge >= 0.3 is 0 Å². The van der Waals surface area contributed by atoms with Crippen LogP contribution in [-0.2, 0) is 20.1 Å². The Morgan fingerprint density at radius 3 is 2.52 bits per heavy atom. The number of nitrogens with zero attached hydrogens (tertiary/aromatic N) is 3. The molecule has 0 N–H and O–H groups in total. The average molecular weight is 308 g/mol. The second-order valence-corrected chi connectivity index (χ2v) is 5.42. The molecule has 0 unspecified atom stereocenters. The fourth-order valence-corrected chi connectivity index (χ4v) is 2.53. The van der Waals surface area contributed by atoms with Gasteiger partial charge in [0.1, 0.15) is 11.0 Å². The van der Waals surface area contributed by atoms with Crippen LogP contribution in [0.1, 0.15) is 16.8 Å². The summed E-state index contributed by atoms with van der Waals surface area (Å²) in [6, 6.07) is 6.54. The zero-order valence-electron chi connectivity index (χ0n) is 12.3. The Hall–Kier alpha value is -1.65. The molecule has 1 aromatic heterocycles. The second kappa shape index (κ2) is 6.87. The summed E-state index contributed by atoms with van der Waals surface area (Å²) in [5.74, 6) is -0.222. The van der Waals surface area contributed by atoms with Crippen LogP contribution in [0.4, 0.5) is 4.39 Å². The SMILES string of the molecule is C=CCN(Cc1ccc(F)cc1)Cc1c(C)nn(C)c1Cl. The number of hydrogen-bond donors (Lipinski definition) is 0. The molecule has 0 atom stereocenters. The van der Waals surface area contributed by atoms with E-state index >= 15 is 0 Å². The Kier molecular flexibility index (Phi) is 5.15. The first-order valence-electron chi connectivity index (χ1n) is 6.77. The van der Waals surface area contributed by atoms with Gasteiger partial charge in [0, 0.05) is 32.2 Å². The van der Waals surface area contributed by atoms with Crippen molar-refractivity contribution >= 4 is 11.6 Å². The minimum atomic E-state index is -0.222. The van der Waals surface area contributed by atoms with E-state index in [0.717, 1.165) is 23.4 Å². The molecule has 2 aromatic rings. The lowest BCUT2D eigenvalue weighted by Crippen LogP contribution is -2.23. The third-order valence-corrected chi connectivity index (χ3v) is 3.83. The minimum absolute atomic E-state index is 0.222. The largest absolute Gasteiger partial charge is 0.291 e. The number of benzene rings is 1. The Morgan fingerprint density at radius 2 is 2.00 bits per heavy atom. The van der Waals surface area contributed by atoms with Gasteiger partial charge in [-0.15, -0.1) is 6.58 Å². The van der Waals surface area contributed by atoms with Gasteiger partial charge in [-0.25, -0.2) is 4.39 Å². The summed E-state index contributed by atoms with van der Waals surface area (Å²) in [6.45, 7) is 7.85. The van der Waals surface area contributed by atoms with Gasteiger partial charge in [0.25, 0.3) is 0 Å². The Bertz CT molecular complexity index is 619. The van der Waals surface area contributed by atoms with E-state index in [1.54, 1.807) is 16.8 Å². The molecular weight excluding hydrogens is 289 g/mol. The predicted octanol–water partition coefficient (Wildman–Crippen LogP) is 3.71. The fraction of sp³-hybridized carbons (Fsp3) is 0.312. The van der Waals surface area contributed by atoms with E-state index in [9.17, 15) is 4.39 Å². The molecule has 0 aliphatic rings. The van der Waals surface area contributed by atoms with E-state index in [1.165, 1.54) is 12.1 Å². The van der Waals surface area contributed by atoms with Gasteiger partial charge in [-0.2, -0.15) is 5.10 Å². The molecule has 1 heterocycles. The zero-order chi connectivity index (χ0) is 15.4. The van der Waals surface area contributed by atoms with Gasteiger partial charge in [-0.3, -0.25) is 9.58 Å². The summed E-state index contributed by atoms with van der Waals surface area (Å²) in [5.41, 5.74) is 3.00. The maximum atomic E-state index is 13.0. The van der Waals surface area contributed by atoms with Crippen molar-refractivity contribution in [1.29, 1.82) is 0 Å². The van der Waals surface area contributed by atoms with Gasteiger partial charge in [0.2, 0.25) is 0 Å². The molecule has 0 saturated heterocycles. The van der Waals surface area contributed by atoms with E-state index in [0.29, 0.717) is 18.2 Å². The highest BCUT2D eigenvalue weighted by molar-refractivity contribution is 6.30. The molecule has 3 nitrogen and oxygen atoms in total. The zero-order valence-corrected chi connectivity index (χ0v) is 13.1. The quantitative estimate of drug-likeness (QED) is 0.759. The number of rotatable bonds is 6. The van der Waals surface area contributed by atoms with Gasteiger partial charge in [-0.1, -0.05) is 29.8 Å². The van der Waals surface area contributed by atoms with Crippen molar-refractivity contribution in [2.75, 3.05) is 6.54 Å². The van der Waals surface area contributed by atoms with Crippen molar-refractivity contribution in [3.05, 3.63) is 64.7 Å². The Balaban J connectivity index is 2.15. The van der Waals surface area contributed by atoms with Crippen molar-refractivity contribution < 1.29 is 4.39 Å². The number of hydrogen-bond acceptors (Lipinski definition) is 2. The number of aromatic nitrogens is 2. The molecular formula is C16H19ClFN3. The lowest BCUT2D eigenvalue weighted by atomic mass is 10.2. The van der Waals surface area contributed by atoms with Crippen LogP contribution < -0.4 is 0 Å². The van der Waals surface area contributed by atoms with E-state index in [1.807, 2.05) is 20.0 Å². The van der Waals surface area contributed by atoms with Crippen LogP contribution in [-0.4, -0.2) is 21.2 Å². The number of halogens is 2. The molecule has 0 amide bonds. The van der Waals surface area contributed by atoms with Crippen molar-refractivity contribution in [3.8, 4) is 0 Å². The minimum Gasteiger partial charge on any atom is -0.291 e. The topological polar surface area (TPSA) is 21.1 Å². The van der Waals surface area contributed by atoms with Crippen LogP contribution in [0.25, 0.3) is 0 Å². The highest BCUT2D eigenvalue weighted by Gasteiger charge is 2.15. The summed E-state index contributed by atoms with van der Waals surface area (Å²) in [6.07, 6.45) is 1.85. The fourth-order valence-electron chi connectivity index (χ4n) is 2.29. The first-order chi connectivity index (χ1) is 10.0. The molecule has 0 spiro atoms. The highest BCUT2D eigenvalue weighted by Crippen LogP contribution is 2.21. The normalized spacial score (nSPS) is 11.1. The van der Waals surface area contributed by atoms with Gasteiger partial charge < -0.3 is 0 Å². The molecule has 0 saturated carbocycles. The van der Waals surface area contributed by atoms with Gasteiger partial charge in [-0.05, 0) is 24.6 Å². The average Bonchev–Trinajstić information content (AvgIpc) is 2.68. The molecule has 0 radical (unpaired) electrons. The summed E-state index contributed by atoms with van der Waals surface area (Å²) < 4.78 is 14.6. The van der Waals surface area contributed by atoms with E-state index in [-0.39, 0.29) is 5.82 Å². The van der Waals surface area contributed by atoms with Crippen molar-refractivity contribution in [2.24, 2.45) is 7.05 Å². The van der Waals surface area contributed by atoms with Crippen LogP contribution in [0.15, 0.2) is 36.9 Å². The smallest absolute Gasteiger partial charge is 0.131 e. The number of aryl methyl sites for hydroxylation is 2. The summed E-state index contributed by atoms with van der Waals surface area (Å²) in [7, 11) is 1.83. The molecule has 0 aliphatic heterocycles. The summed E-state index contributed by atoms with van der Waals surface area (Å²) in [5, 5.41) is 4.98. The monoisotopic (exact) mass is 307 g/mol. The maximum Gasteiger partial charge on any atom is 0.131 e. The van der Waals surface area contributed by atoms with E-state index < -0.39 is 0 Å². The molecule has 0 bridgehead atoms. The van der Waals surface area contributed by atoms with Crippen LogP contribution in [0, 0.1) is 12.7 Å². The molecule has 21 heavy (non-hydrogen) atoms. The van der Waals surface area contributed by atoms with Crippen LogP contribution in [0.3, 0.4) is 0 Å². The first kappa shape index (κ1) is 15.7. The van der Waals surface area contributed by atoms with Gasteiger partial charge in [0.15, 0.2) is 0 Å². The van der Waals surface area contributed by atoms with Crippen LogP contribution in [0.5, 0.6) is 0 Å². The van der Waals surface area contributed by atoms with Crippen molar-refractivity contribution in [3.63, 3.8) is 0 Å². The molecule has 2 rings (SSSR count). The third-order valence-electron chi connectivity index (χ3n) is 3.36. The standard InChI is InChI=1S/C16H19ClFN3/c1-4-9-21(10-13-5-7-14(18)8-6-13)11-15-12(2)19-20(3)16(15)17/h4-8H,1,9-11H2,2-3H3. The lowest BCUT2D eigenvalue weighted by Gasteiger charge is -2.20. The summed E-state index contributed by atoms with van der Waals surface area (Å²) in [4.78, 5) is 2.19. The molecule has 112 valence electrons. The second-order valence-electron chi connectivity index (χ2n) is 5.06. The van der Waals surface area contributed by atoms with Crippen molar-refractivity contribution in [1.82, 2.24) is 14.7 Å². The lowest BCUT2D eigenvalue weighted by molar-refractivity contribution is 0.285. The molecule has 5 heteroatoms. The van der Waals surface area contributed by atoms with Crippen molar-refractivity contribution in [2.45, 2.75) is 20.0 Å². The first-order valence-corrected chi connectivity index (χ1v) is 7.14. The maximum absolute atomic E-state index is 13.0. The van der Waals surface area contributed by atoms with E-state index in [4.69, 9.17) is 11.6 Å². The molecule has 0 aliphatic carbocycles. The Morgan fingerprint density at radius 1 is 1.33 bits per heavy atom. The van der Waals surface area contributed by atoms with Gasteiger partial charge in [0.05, 0.1) is 5.69 Å². The molecule has 0 fully saturated rings. The third kappa shape index (κ3) is 3.93. The van der Waals surface area contributed by atoms with Crippen LogP contribution >= 0.6 is 11.6 Å². The predicted molar refractivity (Wildman–Crippen MR) is 83.7 cm³/mol.